The molecule has 1 saturated heterocycles. The number of piperazine rings is 1. The van der Waals surface area contributed by atoms with Crippen LogP contribution in [0.25, 0.3) is 0 Å². The summed E-state index contributed by atoms with van der Waals surface area (Å²) in [5.41, 5.74) is 6.36. The summed E-state index contributed by atoms with van der Waals surface area (Å²) in [6.07, 6.45) is 1.64. The van der Waals surface area contributed by atoms with Crippen LogP contribution in [0.2, 0.25) is 0 Å². The summed E-state index contributed by atoms with van der Waals surface area (Å²) in [6.45, 7) is 2.94. The molecule has 1 aliphatic heterocycles. The van der Waals surface area contributed by atoms with E-state index < -0.39 is 0 Å². The molecule has 6 nitrogen and oxygen atoms in total. The average molecular weight is 237 g/mol. The van der Waals surface area contributed by atoms with E-state index in [1.165, 1.54) is 0 Å². The smallest absolute Gasteiger partial charge is 0.272 e. The van der Waals surface area contributed by atoms with E-state index in [1.54, 1.807) is 24.0 Å². The van der Waals surface area contributed by atoms with Crippen molar-refractivity contribution in [3.05, 3.63) is 18.0 Å². The molecule has 0 aromatic carbocycles. The van der Waals surface area contributed by atoms with Crippen LogP contribution < -0.4 is 5.73 Å². The van der Waals surface area contributed by atoms with Crippen LogP contribution in [-0.2, 0) is 7.05 Å². The van der Waals surface area contributed by atoms with Crippen LogP contribution in [0.15, 0.2) is 12.3 Å². The van der Waals surface area contributed by atoms with Gasteiger partial charge in [0, 0.05) is 39.4 Å². The van der Waals surface area contributed by atoms with Crippen molar-refractivity contribution in [2.75, 3.05) is 33.2 Å². The number of likely N-dealkylation sites (N-methyl/N-ethyl adjacent to an activating group) is 1. The van der Waals surface area contributed by atoms with E-state index in [2.05, 4.69) is 17.0 Å². The number of hydrogen-bond acceptors (Lipinski definition) is 4. The molecule has 2 N–H and O–H groups in total. The van der Waals surface area contributed by atoms with Crippen LogP contribution in [0.1, 0.15) is 10.5 Å². The van der Waals surface area contributed by atoms with Gasteiger partial charge in [0.1, 0.15) is 5.69 Å². The highest BCUT2D eigenvalue weighted by atomic mass is 16.2. The third-order valence-corrected chi connectivity index (χ3v) is 3.26. The summed E-state index contributed by atoms with van der Waals surface area (Å²) in [7, 11) is 3.83. The molecule has 1 atom stereocenters. The maximum atomic E-state index is 12.3. The predicted octanol–water partition coefficient (Wildman–Crippen LogP) is -0.865. The molecule has 0 aliphatic carbocycles. The second-order valence-electron chi connectivity index (χ2n) is 4.49. The molecule has 2 rings (SSSR count). The maximum absolute atomic E-state index is 12.3. The van der Waals surface area contributed by atoms with Crippen LogP contribution in [-0.4, -0.2) is 64.8 Å². The Morgan fingerprint density at radius 3 is 2.88 bits per heavy atom. The van der Waals surface area contributed by atoms with Gasteiger partial charge in [-0.15, -0.1) is 0 Å². The number of nitrogens with zero attached hydrogens (tertiary/aromatic N) is 4. The summed E-state index contributed by atoms with van der Waals surface area (Å²) in [4.78, 5) is 16.4. The number of rotatable bonds is 2. The molecule has 0 spiro atoms. The molecule has 0 radical (unpaired) electrons. The first-order chi connectivity index (χ1) is 8.13. The summed E-state index contributed by atoms with van der Waals surface area (Å²) < 4.78 is 1.61. The van der Waals surface area contributed by atoms with Crippen molar-refractivity contribution >= 4 is 5.91 Å². The van der Waals surface area contributed by atoms with E-state index in [0.29, 0.717) is 12.2 Å². The number of aryl methyl sites for hydroxylation is 1. The second-order valence-corrected chi connectivity index (χ2v) is 4.49. The SMILES string of the molecule is CN1CCN(C(=O)c2ccnn2C)C(CN)C1. The lowest BCUT2D eigenvalue weighted by atomic mass is 10.1. The zero-order valence-corrected chi connectivity index (χ0v) is 10.3. The summed E-state index contributed by atoms with van der Waals surface area (Å²) in [5, 5.41) is 4.03. The van der Waals surface area contributed by atoms with Gasteiger partial charge in [0.15, 0.2) is 0 Å². The van der Waals surface area contributed by atoms with E-state index in [4.69, 9.17) is 5.73 Å². The molecular weight excluding hydrogens is 218 g/mol. The Morgan fingerprint density at radius 1 is 1.53 bits per heavy atom. The molecular formula is C11H19N5O. The monoisotopic (exact) mass is 237 g/mol. The summed E-state index contributed by atoms with van der Waals surface area (Å²) in [6, 6.07) is 1.84. The molecule has 6 heteroatoms. The second kappa shape index (κ2) is 4.85. The normalized spacial score (nSPS) is 21.8. The molecule has 0 bridgehead atoms. The van der Waals surface area contributed by atoms with Crippen LogP contribution in [0, 0.1) is 0 Å². The van der Waals surface area contributed by atoms with Gasteiger partial charge in [-0.1, -0.05) is 0 Å². The fourth-order valence-corrected chi connectivity index (χ4v) is 2.21. The van der Waals surface area contributed by atoms with E-state index >= 15 is 0 Å². The first-order valence-electron chi connectivity index (χ1n) is 5.81. The highest BCUT2D eigenvalue weighted by Crippen LogP contribution is 2.12. The van der Waals surface area contributed by atoms with Crippen molar-refractivity contribution in [3.8, 4) is 0 Å². The van der Waals surface area contributed by atoms with Gasteiger partial charge in [-0.3, -0.25) is 9.48 Å². The number of amides is 1. The summed E-state index contributed by atoms with van der Waals surface area (Å²) in [5.74, 6) is 0.0218. The maximum Gasteiger partial charge on any atom is 0.272 e. The highest BCUT2D eigenvalue weighted by molar-refractivity contribution is 5.92. The molecule has 1 amide bonds. The number of carbonyl (C=O) groups excluding carboxylic acids is 1. The molecule has 1 aliphatic rings. The predicted molar refractivity (Wildman–Crippen MR) is 64.6 cm³/mol. The Balaban J connectivity index is 2.16. The first kappa shape index (κ1) is 12.1. The van der Waals surface area contributed by atoms with E-state index in [1.807, 2.05) is 4.90 Å². The summed E-state index contributed by atoms with van der Waals surface area (Å²) >= 11 is 0. The lowest BCUT2D eigenvalue weighted by Gasteiger charge is -2.39. The van der Waals surface area contributed by atoms with Crippen molar-refractivity contribution in [3.63, 3.8) is 0 Å². The minimum absolute atomic E-state index is 0.0218. The lowest BCUT2D eigenvalue weighted by Crippen LogP contribution is -2.57. The Hall–Kier alpha value is -1.40. The number of aromatic nitrogens is 2. The Labute approximate surface area is 101 Å². The van der Waals surface area contributed by atoms with Crippen molar-refractivity contribution in [1.29, 1.82) is 0 Å². The van der Waals surface area contributed by atoms with Crippen molar-refractivity contribution in [2.24, 2.45) is 12.8 Å². The molecule has 1 unspecified atom stereocenters. The average Bonchev–Trinajstić information content (AvgIpc) is 2.74. The van der Waals surface area contributed by atoms with Crippen molar-refractivity contribution in [2.45, 2.75) is 6.04 Å². The minimum Gasteiger partial charge on any atom is -0.330 e. The zero-order valence-electron chi connectivity index (χ0n) is 10.3. The lowest BCUT2D eigenvalue weighted by molar-refractivity contribution is 0.0505. The zero-order chi connectivity index (χ0) is 12.4. The van der Waals surface area contributed by atoms with Gasteiger partial charge < -0.3 is 15.5 Å². The molecule has 94 valence electrons. The van der Waals surface area contributed by atoms with Gasteiger partial charge in [-0.05, 0) is 13.1 Å². The third-order valence-electron chi connectivity index (χ3n) is 3.26. The Morgan fingerprint density at radius 2 is 2.29 bits per heavy atom. The molecule has 17 heavy (non-hydrogen) atoms. The number of hydrogen-bond donors (Lipinski definition) is 1. The topological polar surface area (TPSA) is 67.4 Å². The van der Waals surface area contributed by atoms with Crippen molar-refractivity contribution < 1.29 is 4.79 Å². The van der Waals surface area contributed by atoms with E-state index in [-0.39, 0.29) is 11.9 Å². The van der Waals surface area contributed by atoms with Gasteiger partial charge in [-0.25, -0.2) is 0 Å². The quantitative estimate of drug-likeness (QED) is 0.726. The first-order valence-corrected chi connectivity index (χ1v) is 5.81. The van der Waals surface area contributed by atoms with Gasteiger partial charge in [0.25, 0.3) is 5.91 Å². The van der Waals surface area contributed by atoms with Gasteiger partial charge >= 0.3 is 0 Å². The minimum atomic E-state index is 0.0218. The van der Waals surface area contributed by atoms with E-state index in [0.717, 1.165) is 19.6 Å². The van der Waals surface area contributed by atoms with E-state index in [9.17, 15) is 4.79 Å². The third kappa shape index (κ3) is 2.32. The number of carbonyl (C=O) groups is 1. The Bertz CT molecular complexity index is 402. The van der Waals surface area contributed by atoms with Crippen LogP contribution in [0.5, 0.6) is 0 Å². The van der Waals surface area contributed by atoms with Gasteiger partial charge in [-0.2, -0.15) is 5.10 Å². The van der Waals surface area contributed by atoms with Crippen LogP contribution in [0.4, 0.5) is 0 Å². The Kier molecular flexibility index (Phi) is 3.44. The van der Waals surface area contributed by atoms with Gasteiger partial charge in [0.2, 0.25) is 0 Å². The molecule has 2 heterocycles. The highest BCUT2D eigenvalue weighted by Gasteiger charge is 2.29. The molecule has 0 saturated carbocycles. The molecule has 1 aromatic rings. The standard InChI is InChI=1S/C11H19N5O/c1-14-5-6-16(9(7-12)8-14)11(17)10-3-4-13-15(10)2/h3-4,9H,5-8,12H2,1-2H3. The van der Waals surface area contributed by atoms with Crippen molar-refractivity contribution in [1.82, 2.24) is 19.6 Å². The fourth-order valence-electron chi connectivity index (χ4n) is 2.21. The van der Waals surface area contributed by atoms with Crippen LogP contribution in [0.3, 0.4) is 0 Å². The van der Waals surface area contributed by atoms with Crippen LogP contribution >= 0.6 is 0 Å². The molecule has 1 aromatic heterocycles. The number of nitrogens with two attached hydrogens (primary N) is 1. The molecule has 1 fully saturated rings. The van der Waals surface area contributed by atoms with Gasteiger partial charge in [0.05, 0.1) is 6.04 Å². The fraction of sp³-hybridized carbons (Fsp3) is 0.636. The largest absolute Gasteiger partial charge is 0.330 e.